The lowest BCUT2D eigenvalue weighted by molar-refractivity contribution is -0.136. The van der Waals surface area contributed by atoms with Gasteiger partial charge in [0.1, 0.15) is 6.10 Å². The second-order valence-corrected chi connectivity index (χ2v) is 10.5. The molecule has 1 atom stereocenters. The zero-order chi connectivity index (χ0) is 19.9. The van der Waals surface area contributed by atoms with E-state index in [0.717, 1.165) is 15.6 Å². The third-order valence-electron chi connectivity index (χ3n) is 5.29. The summed E-state index contributed by atoms with van der Waals surface area (Å²) in [6, 6.07) is 7.78. The second-order valence-electron chi connectivity index (χ2n) is 7.11. The minimum absolute atomic E-state index is 0.00296. The van der Waals surface area contributed by atoms with Crippen LogP contribution in [-0.2, 0) is 19.4 Å². The monoisotopic (exact) mass is 422 g/mol. The molecule has 0 spiro atoms. The van der Waals surface area contributed by atoms with Crippen LogP contribution in [0.5, 0.6) is 0 Å². The first-order valence-electron chi connectivity index (χ1n) is 9.24. The smallest absolute Gasteiger partial charge is 0.264 e. The molecule has 0 unspecified atom stereocenters. The summed E-state index contributed by atoms with van der Waals surface area (Å²) in [6.07, 6.45) is -0.374. The van der Waals surface area contributed by atoms with Crippen molar-refractivity contribution < 1.29 is 22.7 Å². The first-order chi connectivity index (χ1) is 13.4. The van der Waals surface area contributed by atoms with Gasteiger partial charge in [-0.2, -0.15) is 0 Å². The van der Waals surface area contributed by atoms with Crippen LogP contribution < -0.4 is 0 Å². The SMILES string of the molecule is CC(=O)N1CCO[C@H](c2c(C(=O)N3CCS(=O)(=O)CC3)sc3ccccc23)C1. The molecule has 4 rings (SSSR count). The van der Waals surface area contributed by atoms with Gasteiger partial charge < -0.3 is 14.5 Å². The van der Waals surface area contributed by atoms with E-state index in [9.17, 15) is 18.0 Å². The van der Waals surface area contributed by atoms with Crippen LogP contribution in [0.25, 0.3) is 10.1 Å². The number of ether oxygens (including phenoxy) is 1. The number of morpholine rings is 1. The van der Waals surface area contributed by atoms with Gasteiger partial charge in [0.2, 0.25) is 5.91 Å². The van der Waals surface area contributed by atoms with Gasteiger partial charge >= 0.3 is 0 Å². The van der Waals surface area contributed by atoms with Crippen molar-refractivity contribution in [1.82, 2.24) is 9.80 Å². The molecule has 2 saturated heterocycles. The highest BCUT2D eigenvalue weighted by molar-refractivity contribution is 7.91. The summed E-state index contributed by atoms with van der Waals surface area (Å²) in [5, 5.41) is 0.955. The van der Waals surface area contributed by atoms with Crippen LogP contribution in [0.15, 0.2) is 24.3 Å². The van der Waals surface area contributed by atoms with E-state index < -0.39 is 9.84 Å². The lowest BCUT2D eigenvalue weighted by Gasteiger charge is -2.33. The molecule has 150 valence electrons. The van der Waals surface area contributed by atoms with Gasteiger partial charge in [-0.25, -0.2) is 8.42 Å². The largest absolute Gasteiger partial charge is 0.370 e. The predicted molar refractivity (Wildman–Crippen MR) is 107 cm³/mol. The van der Waals surface area contributed by atoms with Crippen molar-refractivity contribution in [1.29, 1.82) is 0 Å². The van der Waals surface area contributed by atoms with E-state index in [1.54, 1.807) is 9.80 Å². The molecule has 0 aliphatic carbocycles. The lowest BCUT2D eigenvalue weighted by atomic mass is 10.0. The molecular formula is C19H22N2O5S2. The summed E-state index contributed by atoms with van der Waals surface area (Å²) >= 11 is 1.40. The van der Waals surface area contributed by atoms with E-state index in [1.165, 1.54) is 18.3 Å². The Hall–Kier alpha value is -1.97. The molecule has 2 amide bonds. The average molecular weight is 423 g/mol. The van der Waals surface area contributed by atoms with Crippen LogP contribution in [-0.4, -0.2) is 74.3 Å². The Kier molecular flexibility index (Phi) is 5.15. The maximum absolute atomic E-state index is 13.3. The fourth-order valence-corrected chi connectivity index (χ4v) is 6.14. The minimum atomic E-state index is -3.06. The number of thiophene rings is 1. The third kappa shape index (κ3) is 3.66. The lowest BCUT2D eigenvalue weighted by Crippen LogP contribution is -2.44. The van der Waals surface area contributed by atoms with Gasteiger partial charge in [-0.3, -0.25) is 9.59 Å². The second kappa shape index (κ2) is 7.46. The zero-order valence-electron chi connectivity index (χ0n) is 15.6. The molecule has 0 N–H and O–H groups in total. The molecule has 2 aliphatic heterocycles. The van der Waals surface area contributed by atoms with Crippen molar-refractivity contribution in [3.8, 4) is 0 Å². The summed E-state index contributed by atoms with van der Waals surface area (Å²) < 4.78 is 30.4. The Morgan fingerprint density at radius 2 is 1.82 bits per heavy atom. The van der Waals surface area contributed by atoms with E-state index in [-0.39, 0.29) is 42.5 Å². The van der Waals surface area contributed by atoms with Gasteiger partial charge in [-0.15, -0.1) is 11.3 Å². The molecule has 2 fully saturated rings. The molecule has 7 nitrogen and oxygen atoms in total. The average Bonchev–Trinajstić information content (AvgIpc) is 3.07. The highest BCUT2D eigenvalue weighted by Gasteiger charge is 2.33. The molecule has 0 bridgehead atoms. The van der Waals surface area contributed by atoms with Crippen molar-refractivity contribution >= 4 is 43.1 Å². The minimum Gasteiger partial charge on any atom is -0.370 e. The maximum Gasteiger partial charge on any atom is 0.264 e. The van der Waals surface area contributed by atoms with Gasteiger partial charge in [0.05, 0.1) is 29.5 Å². The number of carbonyl (C=O) groups is 2. The van der Waals surface area contributed by atoms with E-state index in [2.05, 4.69) is 0 Å². The van der Waals surface area contributed by atoms with E-state index >= 15 is 0 Å². The Morgan fingerprint density at radius 3 is 2.54 bits per heavy atom. The number of carbonyl (C=O) groups excluding carboxylic acids is 2. The summed E-state index contributed by atoms with van der Waals surface area (Å²) in [4.78, 5) is 29.0. The standard InChI is InChI=1S/C19H22N2O5S2/c1-13(22)21-6-9-26-15(12-21)17-14-4-2-3-5-16(14)27-18(17)19(23)20-7-10-28(24,25)11-8-20/h2-5,15H,6-12H2,1H3/t15-/m0/s1. The predicted octanol–water partition coefficient (Wildman–Crippen LogP) is 1.69. The van der Waals surface area contributed by atoms with Crippen molar-refractivity contribution in [3.63, 3.8) is 0 Å². The molecule has 2 aliphatic rings. The van der Waals surface area contributed by atoms with Crippen LogP contribution in [0.4, 0.5) is 0 Å². The molecule has 2 aromatic rings. The molecule has 9 heteroatoms. The summed E-state index contributed by atoms with van der Waals surface area (Å²) in [5.74, 6) is -0.176. The molecule has 0 radical (unpaired) electrons. The van der Waals surface area contributed by atoms with Crippen LogP contribution in [0.2, 0.25) is 0 Å². The van der Waals surface area contributed by atoms with Gasteiger partial charge in [-0.1, -0.05) is 18.2 Å². The fourth-order valence-electron chi connectivity index (χ4n) is 3.71. The van der Waals surface area contributed by atoms with Gasteiger partial charge in [0, 0.05) is 36.8 Å². The normalized spacial score (nSPS) is 22.4. The first-order valence-corrected chi connectivity index (χ1v) is 11.9. The maximum atomic E-state index is 13.3. The first kappa shape index (κ1) is 19.4. The van der Waals surface area contributed by atoms with Crippen molar-refractivity contribution in [2.24, 2.45) is 0 Å². The molecule has 3 heterocycles. The Bertz CT molecular complexity index is 1020. The number of benzene rings is 1. The van der Waals surface area contributed by atoms with Crippen LogP contribution in [0.3, 0.4) is 0 Å². The molecule has 1 aromatic heterocycles. The van der Waals surface area contributed by atoms with E-state index in [4.69, 9.17) is 4.74 Å². The highest BCUT2D eigenvalue weighted by atomic mass is 32.2. The number of fused-ring (bicyclic) bond motifs is 1. The van der Waals surface area contributed by atoms with Crippen LogP contribution >= 0.6 is 11.3 Å². The topological polar surface area (TPSA) is 84.0 Å². The van der Waals surface area contributed by atoms with Gasteiger partial charge in [0.25, 0.3) is 5.91 Å². The summed E-state index contributed by atoms with van der Waals surface area (Å²) in [6.45, 7) is 3.32. The van der Waals surface area contributed by atoms with Gasteiger partial charge in [0.15, 0.2) is 9.84 Å². The van der Waals surface area contributed by atoms with Crippen molar-refractivity contribution in [3.05, 3.63) is 34.7 Å². The molecule has 0 saturated carbocycles. The van der Waals surface area contributed by atoms with Crippen molar-refractivity contribution in [2.75, 3.05) is 44.3 Å². The highest BCUT2D eigenvalue weighted by Crippen LogP contribution is 2.39. The number of amides is 2. The third-order valence-corrected chi connectivity index (χ3v) is 8.08. The number of rotatable bonds is 2. The number of hydrogen-bond donors (Lipinski definition) is 0. The summed E-state index contributed by atoms with van der Waals surface area (Å²) in [7, 11) is -3.06. The molecule has 28 heavy (non-hydrogen) atoms. The Morgan fingerprint density at radius 1 is 1.11 bits per heavy atom. The van der Waals surface area contributed by atoms with E-state index in [1.807, 2.05) is 24.3 Å². The number of hydrogen-bond acceptors (Lipinski definition) is 6. The molecule has 1 aromatic carbocycles. The number of nitrogens with zero attached hydrogens (tertiary/aromatic N) is 2. The quantitative estimate of drug-likeness (QED) is 0.735. The fraction of sp³-hybridized carbons (Fsp3) is 0.474. The Labute approximate surface area is 167 Å². The molecular weight excluding hydrogens is 400 g/mol. The zero-order valence-corrected chi connectivity index (χ0v) is 17.2. The van der Waals surface area contributed by atoms with Crippen molar-refractivity contribution in [2.45, 2.75) is 13.0 Å². The van der Waals surface area contributed by atoms with Crippen LogP contribution in [0.1, 0.15) is 28.3 Å². The van der Waals surface area contributed by atoms with E-state index in [0.29, 0.717) is 24.6 Å². The summed E-state index contributed by atoms with van der Waals surface area (Å²) in [5.41, 5.74) is 0.810. The van der Waals surface area contributed by atoms with Crippen LogP contribution in [0, 0.1) is 0 Å². The number of sulfone groups is 1. The van der Waals surface area contributed by atoms with Gasteiger partial charge in [-0.05, 0) is 11.5 Å². The Balaban J connectivity index is 1.71.